The maximum Gasteiger partial charge on any atom is 0.535 e. The van der Waals surface area contributed by atoms with Gasteiger partial charge in [0.15, 0.2) is 0 Å². The van der Waals surface area contributed by atoms with Crippen LogP contribution in [0.3, 0.4) is 0 Å². The fourth-order valence-electron chi connectivity index (χ4n) is 3.40. The number of esters is 2. The lowest BCUT2D eigenvalue weighted by atomic mass is 9.95. The molecule has 1 heterocycles. The van der Waals surface area contributed by atoms with Crippen molar-refractivity contribution in [3.05, 3.63) is 30.0 Å². The molecule has 0 unspecified atom stereocenters. The van der Waals surface area contributed by atoms with E-state index in [2.05, 4.69) is 0 Å². The van der Waals surface area contributed by atoms with Crippen molar-refractivity contribution < 1.29 is 42.0 Å². The van der Waals surface area contributed by atoms with Gasteiger partial charge in [-0.05, 0) is 79.8 Å². The molecule has 11 nitrogen and oxygen atoms in total. The van der Waals surface area contributed by atoms with Gasteiger partial charge in [0.1, 0.15) is 5.75 Å². The van der Waals surface area contributed by atoms with E-state index in [4.69, 9.17) is 23.0 Å². The molecule has 0 bridgehead atoms. The van der Waals surface area contributed by atoms with Crippen LogP contribution < -0.4 is 4.52 Å². The average molecular weight is 597 g/mol. The Morgan fingerprint density at radius 3 is 1.78 bits per heavy atom. The molecule has 230 valence electrons. The molecule has 0 saturated heterocycles. The van der Waals surface area contributed by atoms with Crippen LogP contribution in [-0.4, -0.2) is 61.5 Å². The normalized spacial score (nSPS) is 13.0. The van der Waals surface area contributed by atoms with Crippen LogP contribution in [0.1, 0.15) is 72.7 Å². The largest absolute Gasteiger partial charge is 0.535 e. The number of likely N-dealkylation sites (N-methyl/N-ethyl adjacent to an activating group) is 1. The van der Waals surface area contributed by atoms with Crippen molar-refractivity contribution in [1.82, 2.24) is 9.47 Å². The van der Waals surface area contributed by atoms with E-state index < -0.39 is 49.6 Å². The van der Waals surface area contributed by atoms with Crippen molar-refractivity contribution in [2.45, 2.75) is 68.7 Å². The first kappa shape index (κ1) is 34.5. The molecule has 0 N–H and O–H groups in total. The molecule has 0 radical (unpaired) electrons. The van der Waals surface area contributed by atoms with Crippen LogP contribution in [0.15, 0.2) is 24.4 Å². The first-order valence-electron chi connectivity index (χ1n) is 13.4. The monoisotopic (exact) mass is 596 g/mol. The van der Waals surface area contributed by atoms with E-state index in [1.807, 2.05) is 39.8 Å². The van der Waals surface area contributed by atoms with E-state index in [-0.39, 0.29) is 11.7 Å². The SMILES string of the molecule is CN(C)CCc1cn(C(=O)C(C)(C)C)c2cccc(OP(=O)(OCOC(=O)C(C)(C)C)OCOC(=O)C(C)(C)C)c12. The number of benzene rings is 1. The number of phosphoric acid groups is 1. The second-order valence-electron chi connectivity index (χ2n) is 13.2. The number of fused-ring (bicyclic) bond motifs is 1. The number of ether oxygens (including phenoxy) is 2. The minimum absolute atomic E-state index is 0.129. The molecule has 1 aromatic carbocycles. The van der Waals surface area contributed by atoms with Gasteiger partial charge < -0.3 is 18.9 Å². The molecule has 0 aliphatic carbocycles. The highest BCUT2D eigenvalue weighted by atomic mass is 31.2. The third-order valence-corrected chi connectivity index (χ3v) is 7.06. The number of hydrogen-bond acceptors (Lipinski definition) is 10. The van der Waals surface area contributed by atoms with Crippen molar-refractivity contribution >= 4 is 36.6 Å². The number of carbonyl (C=O) groups is 3. The first-order chi connectivity index (χ1) is 18.7. The lowest BCUT2D eigenvalue weighted by Gasteiger charge is -2.22. The third-order valence-electron chi connectivity index (χ3n) is 5.80. The fraction of sp³-hybridized carbons (Fsp3) is 0.621. The van der Waals surface area contributed by atoms with Crippen LogP contribution in [0.4, 0.5) is 0 Å². The lowest BCUT2D eigenvalue weighted by molar-refractivity contribution is -0.162. The molecule has 1 aromatic heterocycles. The van der Waals surface area contributed by atoms with Crippen LogP contribution in [0, 0.1) is 16.2 Å². The number of rotatable bonds is 11. The van der Waals surface area contributed by atoms with Gasteiger partial charge in [-0.25, -0.2) is 13.6 Å². The number of carbonyl (C=O) groups excluding carboxylic acids is 3. The van der Waals surface area contributed by atoms with E-state index >= 15 is 0 Å². The highest BCUT2D eigenvalue weighted by Crippen LogP contribution is 2.51. The second-order valence-corrected chi connectivity index (χ2v) is 14.8. The van der Waals surface area contributed by atoms with Crippen molar-refractivity contribution in [3.63, 3.8) is 0 Å². The van der Waals surface area contributed by atoms with E-state index in [9.17, 15) is 18.9 Å². The summed E-state index contributed by atoms with van der Waals surface area (Å²) in [6.45, 7) is 14.7. The van der Waals surface area contributed by atoms with E-state index in [0.717, 1.165) is 5.56 Å². The second kappa shape index (κ2) is 13.1. The number of aromatic nitrogens is 1. The Bertz CT molecular complexity index is 1260. The highest BCUT2D eigenvalue weighted by molar-refractivity contribution is 7.48. The van der Waals surface area contributed by atoms with Gasteiger partial charge in [-0.15, -0.1) is 0 Å². The van der Waals surface area contributed by atoms with Crippen molar-refractivity contribution in [2.24, 2.45) is 16.2 Å². The summed E-state index contributed by atoms with van der Waals surface area (Å²) in [4.78, 5) is 39.8. The summed E-state index contributed by atoms with van der Waals surface area (Å²) < 4.78 is 42.2. The summed E-state index contributed by atoms with van der Waals surface area (Å²) in [6.07, 6.45) is 2.32. The third kappa shape index (κ3) is 9.67. The van der Waals surface area contributed by atoms with Crippen molar-refractivity contribution in [1.29, 1.82) is 0 Å². The Morgan fingerprint density at radius 2 is 1.34 bits per heavy atom. The predicted molar refractivity (Wildman–Crippen MR) is 156 cm³/mol. The van der Waals surface area contributed by atoms with Crippen LogP contribution in [0.25, 0.3) is 10.9 Å². The van der Waals surface area contributed by atoms with Crippen LogP contribution in [-0.2, 0) is 39.1 Å². The zero-order valence-electron chi connectivity index (χ0n) is 26.2. The number of phosphoric ester groups is 1. The molecule has 0 fully saturated rings. The summed E-state index contributed by atoms with van der Waals surface area (Å²) in [5.41, 5.74) is -0.982. The minimum atomic E-state index is -4.53. The van der Waals surface area contributed by atoms with E-state index in [1.54, 1.807) is 70.5 Å². The zero-order chi connectivity index (χ0) is 31.4. The Morgan fingerprint density at radius 1 is 0.829 bits per heavy atom. The van der Waals surface area contributed by atoms with Crippen molar-refractivity contribution in [2.75, 3.05) is 34.2 Å². The van der Waals surface area contributed by atoms with Crippen LogP contribution >= 0.6 is 7.82 Å². The maximum absolute atomic E-state index is 13.8. The predicted octanol–water partition coefficient (Wildman–Crippen LogP) is 6.05. The molecule has 12 heteroatoms. The Labute approximate surface area is 243 Å². The topological polar surface area (TPSA) is 123 Å². The lowest BCUT2D eigenvalue weighted by Crippen LogP contribution is -2.26. The van der Waals surface area contributed by atoms with Gasteiger partial charge >= 0.3 is 19.8 Å². The van der Waals surface area contributed by atoms with E-state index in [0.29, 0.717) is 23.9 Å². The van der Waals surface area contributed by atoms with Crippen LogP contribution in [0.5, 0.6) is 5.75 Å². The van der Waals surface area contributed by atoms with Gasteiger partial charge in [-0.3, -0.25) is 19.0 Å². The fourth-order valence-corrected chi connectivity index (χ4v) is 4.34. The number of nitrogens with zero attached hydrogens (tertiary/aromatic N) is 2. The van der Waals surface area contributed by atoms with E-state index in [1.165, 1.54) is 0 Å². The van der Waals surface area contributed by atoms with Gasteiger partial charge in [-0.1, -0.05) is 26.8 Å². The molecule has 0 saturated carbocycles. The molecule has 0 aliphatic heterocycles. The van der Waals surface area contributed by atoms with Gasteiger partial charge in [0, 0.05) is 23.5 Å². The molecule has 0 spiro atoms. The standard InChI is InChI=1S/C29H45N2O9P/c1-27(2,3)24(32)31-17-20(15-16-30(10)11)23-21(31)13-12-14-22(23)40-41(35,38-18-36-25(33)28(4,5)6)39-19-37-26(34)29(7,8)9/h12-14,17H,15-16,18-19H2,1-11H3. The molecule has 41 heavy (non-hydrogen) atoms. The van der Waals surface area contributed by atoms with Gasteiger partial charge in [-0.2, -0.15) is 0 Å². The Balaban J connectivity index is 2.51. The average Bonchev–Trinajstić information content (AvgIpc) is 3.19. The molecule has 0 atom stereocenters. The molecular weight excluding hydrogens is 551 g/mol. The first-order valence-corrected chi connectivity index (χ1v) is 14.9. The molecular formula is C29H45N2O9P. The maximum atomic E-state index is 13.8. The Kier molecular flexibility index (Phi) is 11.0. The number of hydrogen-bond donors (Lipinski definition) is 0. The quantitative estimate of drug-likeness (QED) is 0.172. The smallest absolute Gasteiger partial charge is 0.437 e. The zero-order valence-corrected chi connectivity index (χ0v) is 27.0. The summed E-state index contributed by atoms with van der Waals surface area (Å²) >= 11 is 0. The minimum Gasteiger partial charge on any atom is -0.437 e. The highest BCUT2D eigenvalue weighted by Gasteiger charge is 2.34. The van der Waals surface area contributed by atoms with Gasteiger partial charge in [0.2, 0.25) is 19.5 Å². The summed E-state index contributed by atoms with van der Waals surface area (Å²) in [5, 5.41) is 0.553. The molecule has 0 aliphatic rings. The molecule has 2 aromatic rings. The van der Waals surface area contributed by atoms with Gasteiger partial charge in [0.25, 0.3) is 0 Å². The Hall–Kier alpha value is -2.72. The van der Waals surface area contributed by atoms with Gasteiger partial charge in [0.05, 0.1) is 16.3 Å². The molecule has 2 rings (SSSR count). The van der Waals surface area contributed by atoms with Crippen molar-refractivity contribution in [3.8, 4) is 5.75 Å². The summed E-state index contributed by atoms with van der Waals surface area (Å²) in [7, 11) is -0.656. The summed E-state index contributed by atoms with van der Waals surface area (Å²) in [5.74, 6) is -1.18. The summed E-state index contributed by atoms with van der Waals surface area (Å²) in [6, 6.07) is 5.01. The molecule has 0 amide bonds. The van der Waals surface area contributed by atoms with Crippen LogP contribution in [0.2, 0.25) is 0 Å².